The maximum Gasteiger partial charge on any atom is 0.239 e. The summed E-state index contributed by atoms with van der Waals surface area (Å²) in [5.74, 6) is 0.792. The molecular formula is C9H16N4O. The van der Waals surface area contributed by atoms with Crippen LogP contribution in [0.15, 0.2) is 4.99 Å². The lowest BCUT2D eigenvalue weighted by Crippen LogP contribution is -2.43. The van der Waals surface area contributed by atoms with Crippen LogP contribution in [0, 0.1) is 0 Å². The van der Waals surface area contributed by atoms with Crippen LogP contribution in [0.2, 0.25) is 0 Å². The smallest absolute Gasteiger partial charge is 0.239 e. The van der Waals surface area contributed by atoms with Crippen molar-refractivity contribution >= 4 is 11.9 Å². The summed E-state index contributed by atoms with van der Waals surface area (Å²) in [4.78, 5) is 15.5. The van der Waals surface area contributed by atoms with Crippen molar-refractivity contribution < 1.29 is 4.79 Å². The van der Waals surface area contributed by atoms with E-state index in [2.05, 4.69) is 27.9 Å². The zero-order valence-electron chi connectivity index (χ0n) is 8.34. The Hall–Kier alpha value is -1.26. The number of rotatable bonds is 3. The van der Waals surface area contributed by atoms with E-state index < -0.39 is 0 Å². The molecule has 78 valence electrons. The van der Waals surface area contributed by atoms with Crippen LogP contribution in [0.4, 0.5) is 0 Å². The van der Waals surface area contributed by atoms with Gasteiger partial charge in [0.25, 0.3) is 0 Å². The van der Waals surface area contributed by atoms with Gasteiger partial charge in [-0.25, -0.2) is 0 Å². The van der Waals surface area contributed by atoms with Gasteiger partial charge in [0.15, 0.2) is 5.96 Å². The summed E-state index contributed by atoms with van der Waals surface area (Å²) in [6, 6.07) is 0.811. The summed E-state index contributed by atoms with van der Waals surface area (Å²) in [5.41, 5.74) is 0. The van der Waals surface area contributed by atoms with Gasteiger partial charge in [0.1, 0.15) is 0 Å². The van der Waals surface area contributed by atoms with Crippen LogP contribution in [0.5, 0.6) is 0 Å². The predicted octanol–water partition coefficient (Wildman–Crippen LogP) is -0.798. The van der Waals surface area contributed by atoms with E-state index in [1.165, 1.54) is 0 Å². The van der Waals surface area contributed by atoms with E-state index in [4.69, 9.17) is 0 Å². The van der Waals surface area contributed by atoms with Gasteiger partial charge in [0.2, 0.25) is 5.91 Å². The second-order valence-electron chi connectivity index (χ2n) is 3.93. The molecule has 0 spiro atoms. The molecule has 14 heavy (non-hydrogen) atoms. The highest BCUT2D eigenvalue weighted by atomic mass is 16.2. The molecule has 0 aromatic carbocycles. The van der Waals surface area contributed by atoms with Crippen molar-refractivity contribution in [1.82, 2.24) is 16.0 Å². The Bertz CT molecular complexity index is 260. The first-order chi connectivity index (χ1) is 6.74. The Balaban J connectivity index is 1.63. The van der Waals surface area contributed by atoms with Gasteiger partial charge in [-0.1, -0.05) is 0 Å². The van der Waals surface area contributed by atoms with Crippen LogP contribution in [0.3, 0.4) is 0 Å². The number of guanidine groups is 1. The zero-order chi connectivity index (χ0) is 9.97. The highest BCUT2D eigenvalue weighted by Gasteiger charge is 2.23. The maximum absolute atomic E-state index is 11.3. The molecule has 0 aromatic rings. The minimum absolute atomic E-state index is 0.0524. The molecule has 3 N–H and O–H groups in total. The number of aliphatic imine (C=N–C) groups is 1. The fourth-order valence-electron chi connectivity index (χ4n) is 1.33. The monoisotopic (exact) mass is 196 g/mol. The van der Waals surface area contributed by atoms with Crippen molar-refractivity contribution in [2.45, 2.75) is 31.8 Å². The van der Waals surface area contributed by atoms with E-state index in [1.54, 1.807) is 0 Å². The van der Waals surface area contributed by atoms with Crippen molar-refractivity contribution in [1.29, 1.82) is 0 Å². The molecule has 0 saturated heterocycles. The molecule has 5 heteroatoms. The van der Waals surface area contributed by atoms with Gasteiger partial charge in [-0.15, -0.1) is 0 Å². The predicted molar refractivity (Wildman–Crippen MR) is 54.1 cm³/mol. The van der Waals surface area contributed by atoms with Crippen LogP contribution in [-0.4, -0.2) is 37.0 Å². The van der Waals surface area contributed by atoms with Crippen molar-refractivity contribution in [3.05, 3.63) is 0 Å². The third kappa shape index (κ3) is 2.61. The number of hydrogen-bond acceptors (Lipinski definition) is 4. The van der Waals surface area contributed by atoms with Crippen molar-refractivity contribution in [2.75, 3.05) is 13.1 Å². The van der Waals surface area contributed by atoms with Gasteiger partial charge in [-0.05, 0) is 19.8 Å². The lowest BCUT2D eigenvalue weighted by Gasteiger charge is -2.08. The van der Waals surface area contributed by atoms with E-state index in [0.29, 0.717) is 18.6 Å². The van der Waals surface area contributed by atoms with Gasteiger partial charge in [-0.2, -0.15) is 0 Å². The van der Waals surface area contributed by atoms with Crippen molar-refractivity contribution in [3.63, 3.8) is 0 Å². The van der Waals surface area contributed by atoms with E-state index in [1.807, 2.05) is 0 Å². The Morgan fingerprint density at radius 2 is 2.43 bits per heavy atom. The molecule has 0 bridgehead atoms. The van der Waals surface area contributed by atoms with Crippen LogP contribution in [0.25, 0.3) is 0 Å². The summed E-state index contributed by atoms with van der Waals surface area (Å²) in [7, 11) is 0. The summed E-state index contributed by atoms with van der Waals surface area (Å²) in [6.45, 7) is 3.16. The topological polar surface area (TPSA) is 65.5 Å². The van der Waals surface area contributed by atoms with Gasteiger partial charge in [0.05, 0.1) is 13.1 Å². The molecule has 1 unspecified atom stereocenters. The fourth-order valence-corrected chi connectivity index (χ4v) is 1.33. The molecule has 2 aliphatic rings. The lowest BCUT2D eigenvalue weighted by atomic mass is 10.4. The van der Waals surface area contributed by atoms with Crippen molar-refractivity contribution in [2.24, 2.45) is 4.99 Å². The van der Waals surface area contributed by atoms with Crippen LogP contribution >= 0.6 is 0 Å². The molecule has 1 saturated carbocycles. The number of nitrogens with zero attached hydrogens (tertiary/aromatic N) is 1. The minimum atomic E-state index is 0.0524. The van der Waals surface area contributed by atoms with E-state index >= 15 is 0 Å². The number of nitrogens with one attached hydrogen (secondary N) is 3. The van der Waals surface area contributed by atoms with E-state index in [0.717, 1.165) is 25.3 Å². The average molecular weight is 196 g/mol. The molecule has 1 aliphatic carbocycles. The van der Waals surface area contributed by atoms with Crippen LogP contribution in [0.1, 0.15) is 19.8 Å². The number of carbonyl (C=O) groups is 1. The van der Waals surface area contributed by atoms with Crippen LogP contribution < -0.4 is 16.0 Å². The Labute approximate surface area is 83.4 Å². The van der Waals surface area contributed by atoms with Gasteiger partial charge < -0.3 is 16.0 Å². The molecule has 1 fully saturated rings. The first kappa shape index (κ1) is 9.30. The molecule has 1 aliphatic heterocycles. The molecular weight excluding hydrogens is 180 g/mol. The number of amides is 1. The Morgan fingerprint density at radius 1 is 1.64 bits per heavy atom. The molecule has 2 rings (SSSR count). The standard InChI is InChI=1S/C9H16N4O/c1-6-4-10-9(12-6)11-5-8(14)13-7-2-3-7/h6-7H,2-5H2,1H3,(H,13,14)(H2,10,11,12). The van der Waals surface area contributed by atoms with Gasteiger partial charge >= 0.3 is 0 Å². The lowest BCUT2D eigenvalue weighted by molar-refractivity contribution is -0.120. The van der Waals surface area contributed by atoms with Crippen LogP contribution in [-0.2, 0) is 4.79 Å². The first-order valence-electron chi connectivity index (χ1n) is 5.08. The minimum Gasteiger partial charge on any atom is -0.352 e. The first-order valence-corrected chi connectivity index (χ1v) is 5.08. The molecule has 0 aromatic heterocycles. The molecule has 5 nitrogen and oxygen atoms in total. The molecule has 1 amide bonds. The van der Waals surface area contributed by atoms with Gasteiger partial charge in [0, 0.05) is 12.1 Å². The normalized spacial score (nSPS) is 25.2. The fraction of sp³-hybridized carbons (Fsp3) is 0.778. The summed E-state index contributed by atoms with van der Waals surface area (Å²) >= 11 is 0. The summed E-state index contributed by atoms with van der Waals surface area (Å²) in [5, 5.41) is 9.01. The highest BCUT2D eigenvalue weighted by molar-refractivity contribution is 5.87. The summed E-state index contributed by atoms with van der Waals surface area (Å²) < 4.78 is 0. The SMILES string of the molecule is CC1CN=C(NCC(=O)NC2CC2)N1. The molecule has 1 atom stereocenters. The zero-order valence-corrected chi connectivity index (χ0v) is 8.34. The summed E-state index contributed by atoms with van der Waals surface area (Å²) in [6.07, 6.45) is 2.25. The quantitative estimate of drug-likeness (QED) is 0.554. The Kier molecular flexibility index (Phi) is 2.56. The average Bonchev–Trinajstić information content (AvgIpc) is 2.85. The number of carbonyl (C=O) groups excluding carboxylic acids is 1. The third-order valence-electron chi connectivity index (χ3n) is 2.27. The van der Waals surface area contributed by atoms with Gasteiger partial charge in [-0.3, -0.25) is 9.79 Å². The maximum atomic E-state index is 11.3. The van der Waals surface area contributed by atoms with E-state index in [-0.39, 0.29) is 5.91 Å². The molecule has 1 heterocycles. The molecule has 0 radical (unpaired) electrons. The second kappa shape index (κ2) is 3.86. The highest BCUT2D eigenvalue weighted by Crippen LogP contribution is 2.18. The number of hydrogen-bond donors (Lipinski definition) is 3. The third-order valence-corrected chi connectivity index (χ3v) is 2.27. The second-order valence-corrected chi connectivity index (χ2v) is 3.93. The van der Waals surface area contributed by atoms with E-state index in [9.17, 15) is 4.79 Å². The van der Waals surface area contributed by atoms with Crippen molar-refractivity contribution in [3.8, 4) is 0 Å². The Morgan fingerprint density at radius 3 is 3.00 bits per heavy atom. The largest absolute Gasteiger partial charge is 0.352 e.